The van der Waals surface area contributed by atoms with Crippen molar-refractivity contribution in [1.29, 1.82) is 0 Å². The van der Waals surface area contributed by atoms with Crippen LogP contribution in [0.2, 0.25) is 0 Å². The number of nitrogens with zero attached hydrogens (tertiary/aromatic N) is 2. The zero-order chi connectivity index (χ0) is 19.9. The van der Waals surface area contributed by atoms with Gasteiger partial charge in [-0.25, -0.2) is 4.79 Å². The maximum Gasteiger partial charge on any atom is 0.328 e. The second kappa shape index (κ2) is 9.27. The molecule has 0 aliphatic carbocycles. The molecule has 0 bridgehead atoms. The van der Waals surface area contributed by atoms with E-state index in [1.54, 1.807) is 4.57 Å². The Kier molecular flexibility index (Phi) is 6.53. The third-order valence-corrected chi connectivity index (χ3v) is 4.92. The smallest absolute Gasteiger partial charge is 0.328 e. The summed E-state index contributed by atoms with van der Waals surface area (Å²) in [6.07, 6.45) is 7.52. The quantitative estimate of drug-likeness (QED) is 0.355. The Bertz CT molecular complexity index is 1030. The summed E-state index contributed by atoms with van der Waals surface area (Å²) in [7, 11) is 1.83. The number of benzene rings is 2. The summed E-state index contributed by atoms with van der Waals surface area (Å²) in [5, 5.41) is 0. The van der Waals surface area contributed by atoms with Crippen molar-refractivity contribution in [2.24, 2.45) is 7.05 Å². The van der Waals surface area contributed by atoms with Crippen molar-refractivity contribution >= 4 is 11.0 Å². The van der Waals surface area contributed by atoms with E-state index < -0.39 is 0 Å². The van der Waals surface area contributed by atoms with Gasteiger partial charge in [-0.1, -0.05) is 30.4 Å². The fourth-order valence-electron chi connectivity index (χ4n) is 3.38. The fourth-order valence-corrected chi connectivity index (χ4v) is 3.38. The van der Waals surface area contributed by atoms with Gasteiger partial charge < -0.3 is 4.74 Å². The van der Waals surface area contributed by atoms with Gasteiger partial charge in [0.1, 0.15) is 5.75 Å². The molecule has 0 saturated carbocycles. The van der Waals surface area contributed by atoms with Crippen molar-refractivity contribution < 1.29 is 4.74 Å². The van der Waals surface area contributed by atoms with Crippen molar-refractivity contribution in [3.8, 4) is 16.9 Å². The third kappa shape index (κ3) is 4.28. The van der Waals surface area contributed by atoms with Gasteiger partial charge in [0.2, 0.25) is 0 Å². The Balaban J connectivity index is 1.88. The van der Waals surface area contributed by atoms with E-state index in [1.165, 1.54) is 0 Å². The lowest BCUT2D eigenvalue weighted by Crippen LogP contribution is -2.22. The van der Waals surface area contributed by atoms with Gasteiger partial charge in [-0.2, -0.15) is 0 Å². The van der Waals surface area contributed by atoms with Crippen LogP contribution in [0.3, 0.4) is 0 Å². The number of aryl methyl sites for hydroxylation is 2. The molecule has 3 rings (SSSR count). The first kappa shape index (κ1) is 19.7. The van der Waals surface area contributed by atoms with Crippen molar-refractivity contribution in [3.05, 3.63) is 78.3 Å². The number of hydrogen-bond donors (Lipinski definition) is 0. The summed E-state index contributed by atoms with van der Waals surface area (Å²) >= 11 is 0. The second-order valence-corrected chi connectivity index (χ2v) is 6.93. The van der Waals surface area contributed by atoms with Crippen LogP contribution >= 0.6 is 0 Å². The number of imidazole rings is 1. The van der Waals surface area contributed by atoms with Crippen molar-refractivity contribution in [2.45, 2.75) is 32.2 Å². The van der Waals surface area contributed by atoms with Crippen molar-refractivity contribution in [1.82, 2.24) is 9.13 Å². The molecule has 0 unspecified atom stereocenters. The van der Waals surface area contributed by atoms with Crippen LogP contribution in [0.25, 0.3) is 22.2 Å². The molecule has 0 amide bonds. The van der Waals surface area contributed by atoms with E-state index in [1.807, 2.05) is 48.0 Å². The molecule has 4 heteroatoms. The molecular formula is C24H28N2O2. The predicted octanol–water partition coefficient (Wildman–Crippen LogP) is 5.32. The highest BCUT2D eigenvalue weighted by molar-refractivity contribution is 5.83. The Hall–Kier alpha value is -3.01. The average molecular weight is 377 g/mol. The molecule has 3 aromatic rings. The van der Waals surface area contributed by atoms with Gasteiger partial charge in [0, 0.05) is 13.6 Å². The highest BCUT2D eigenvalue weighted by Crippen LogP contribution is 2.27. The van der Waals surface area contributed by atoms with Crippen LogP contribution in [0.15, 0.2) is 72.6 Å². The van der Waals surface area contributed by atoms with E-state index in [0.29, 0.717) is 13.2 Å². The Morgan fingerprint density at radius 3 is 2.50 bits per heavy atom. The van der Waals surface area contributed by atoms with E-state index in [-0.39, 0.29) is 5.69 Å². The van der Waals surface area contributed by atoms with Gasteiger partial charge in [-0.3, -0.25) is 9.13 Å². The van der Waals surface area contributed by atoms with Gasteiger partial charge in [0.25, 0.3) is 0 Å². The van der Waals surface area contributed by atoms with Crippen LogP contribution in [0, 0.1) is 0 Å². The normalized spacial score (nSPS) is 10.9. The lowest BCUT2D eigenvalue weighted by Gasteiger charge is -2.08. The minimum Gasteiger partial charge on any atom is -0.494 e. The molecule has 4 nitrogen and oxygen atoms in total. The van der Waals surface area contributed by atoms with E-state index in [9.17, 15) is 4.79 Å². The number of rotatable bonds is 10. The minimum absolute atomic E-state index is 0.0236. The first-order valence-corrected chi connectivity index (χ1v) is 9.80. The Labute approximate surface area is 166 Å². The summed E-state index contributed by atoms with van der Waals surface area (Å²) in [6.45, 7) is 8.87. The summed E-state index contributed by atoms with van der Waals surface area (Å²) in [5.41, 5.74) is 4.09. The number of ether oxygens (including phenoxy) is 1. The molecule has 0 N–H and O–H groups in total. The molecular weight excluding hydrogens is 348 g/mol. The highest BCUT2D eigenvalue weighted by atomic mass is 16.5. The highest BCUT2D eigenvalue weighted by Gasteiger charge is 2.11. The zero-order valence-corrected chi connectivity index (χ0v) is 16.6. The van der Waals surface area contributed by atoms with Crippen LogP contribution < -0.4 is 10.4 Å². The SMILES string of the molecule is C=CCCCOc1cccc(-c2ccc3c(c2)n(C)c(=O)n3CCCC=C)c1. The minimum atomic E-state index is 0.0236. The fraction of sp³-hybridized carbons (Fsp3) is 0.292. The number of hydrogen-bond acceptors (Lipinski definition) is 2. The second-order valence-electron chi connectivity index (χ2n) is 6.93. The summed E-state index contributed by atoms with van der Waals surface area (Å²) < 4.78 is 9.42. The van der Waals surface area contributed by atoms with Crippen LogP contribution in [0.5, 0.6) is 5.75 Å². The van der Waals surface area contributed by atoms with Crippen LogP contribution in [0.1, 0.15) is 25.7 Å². The summed E-state index contributed by atoms with van der Waals surface area (Å²) in [4.78, 5) is 12.6. The maximum atomic E-state index is 12.6. The monoisotopic (exact) mass is 376 g/mol. The van der Waals surface area contributed by atoms with E-state index in [4.69, 9.17) is 4.74 Å². The van der Waals surface area contributed by atoms with E-state index in [0.717, 1.165) is 53.6 Å². The Morgan fingerprint density at radius 2 is 1.71 bits per heavy atom. The van der Waals surface area contributed by atoms with E-state index in [2.05, 4.69) is 31.4 Å². The molecule has 0 aliphatic rings. The number of allylic oxidation sites excluding steroid dienone is 2. The zero-order valence-electron chi connectivity index (χ0n) is 16.6. The van der Waals surface area contributed by atoms with Crippen molar-refractivity contribution in [3.63, 3.8) is 0 Å². The van der Waals surface area contributed by atoms with Crippen molar-refractivity contribution in [2.75, 3.05) is 6.61 Å². The number of fused-ring (bicyclic) bond motifs is 1. The number of unbranched alkanes of at least 4 members (excludes halogenated alkanes) is 2. The summed E-state index contributed by atoms with van der Waals surface area (Å²) in [5.74, 6) is 0.859. The molecule has 146 valence electrons. The molecule has 1 aromatic heterocycles. The van der Waals surface area contributed by atoms with Gasteiger partial charge in [0.15, 0.2) is 0 Å². The van der Waals surface area contributed by atoms with Gasteiger partial charge in [-0.05, 0) is 61.1 Å². The molecule has 0 fully saturated rings. The molecule has 0 spiro atoms. The largest absolute Gasteiger partial charge is 0.494 e. The molecule has 0 saturated heterocycles. The molecule has 1 heterocycles. The van der Waals surface area contributed by atoms with Crippen LogP contribution in [0.4, 0.5) is 0 Å². The first-order chi connectivity index (χ1) is 13.7. The lowest BCUT2D eigenvalue weighted by atomic mass is 10.0. The molecule has 28 heavy (non-hydrogen) atoms. The predicted molar refractivity (Wildman–Crippen MR) is 117 cm³/mol. The molecule has 0 atom stereocenters. The average Bonchev–Trinajstić information content (AvgIpc) is 2.96. The first-order valence-electron chi connectivity index (χ1n) is 9.80. The summed E-state index contributed by atoms with van der Waals surface area (Å²) in [6, 6.07) is 14.3. The molecule has 2 aromatic carbocycles. The lowest BCUT2D eigenvalue weighted by molar-refractivity contribution is 0.312. The maximum absolute atomic E-state index is 12.6. The van der Waals surface area contributed by atoms with E-state index >= 15 is 0 Å². The Morgan fingerprint density at radius 1 is 0.964 bits per heavy atom. The van der Waals surface area contributed by atoms with Gasteiger partial charge in [0.05, 0.1) is 17.6 Å². The van der Waals surface area contributed by atoms with Crippen LogP contribution in [-0.2, 0) is 13.6 Å². The van der Waals surface area contributed by atoms with Gasteiger partial charge >= 0.3 is 5.69 Å². The topological polar surface area (TPSA) is 36.2 Å². The van der Waals surface area contributed by atoms with Crippen LogP contribution in [-0.4, -0.2) is 15.7 Å². The third-order valence-electron chi connectivity index (χ3n) is 4.92. The standard InChI is InChI=1S/C24H28N2O2/c1-4-6-8-15-26-22-14-13-20(18-23(22)25(3)24(26)27)19-11-10-12-21(17-19)28-16-9-7-5-2/h4-5,10-14,17-18H,1-2,6-9,15-16H2,3H3. The number of aromatic nitrogens is 2. The van der Waals surface area contributed by atoms with Gasteiger partial charge in [-0.15, -0.1) is 13.2 Å². The molecule has 0 aliphatic heterocycles. The molecule has 0 radical (unpaired) electrons.